The first-order chi connectivity index (χ1) is 20.1. The van der Waals surface area contributed by atoms with E-state index in [9.17, 15) is 39.6 Å². The van der Waals surface area contributed by atoms with Crippen LogP contribution in [0, 0.1) is 0 Å². The van der Waals surface area contributed by atoms with Gasteiger partial charge in [0.15, 0.2) is 5.75 Å². The molecule has 0 unspecified atom stereocenters. The second-order valence-corrected chi connectivity index (χ2v) is 11.7. The van der Waals surface area contributed by atoms with Gasteiger partial charge >= 0.3 is 12.4 Å². The fourth-order valence-corrected chi connectivity index (χ4v) is 5.72. The summed E-state index contributed by atoms with van der Waals surface area (Å²) in [4.78, 5) is 29.7. The number of benzene rings is 1. The van der Waals surface area contributed by atoms with Crippen LogP contribution < -0.4 is 10.6 Å². The van der Waals surface area contributed by atoms with Crippen molar-refractivity contribution in [2.75, 3.05) is 24.2 Å². The number of sulfonamides is 1. The molecule has 4 heterocycles. The number of amides is 1. The van der Waals surface area contributed by atoms with Gasteiger partial charge in [0.25, 0.3) is 5.91 Å². The van der Waals surface area contributed by atoms with Crippen molar-refractivity contribution < 1.29 is 39.6 Å². The number of alkyl halides is 6. The summed E-state index contributed by atoms with van der Waals surface area (Å²) in [5, 5.41) is 5.57. The van der Waals surface area contributed by atoms with Gasteiger partial charge in [0.1, 0.15) is 17.0 Å². The minimum absolute atomic E-state index is 0.00974. The van der Waals surface area contributed by atoms with Gasteiger partial charge in [0, 0.05) is 18.8 Å². The van der Waals surface area contributed by atoms with Crippen molar-refractivity contribution in [1.82, 2.24) is 34.1 Å². The zero-order valence-corrected chi connectivity index (χ0v) is 22.9. The van der Waals surface area contributed by atoms with Gasteiger partial charge < -0.3 is 15.2 Å². The maximum Gasteiger partial charge on any atom is 0.416 e. The zero-order chi connectivity index (χ0) is 31.2. The van der Waals surface area contributed by atoms with E-state index in [1.165, 1.54) is 43.1 Å². The Morgan fingerprint density at radius 2 is 1.70 bits per heavy atom. The molecule has 0 bridgehead atoms. The van der Waals surface area contributed by atoms with Crippen LogP contribution in [-0.4, -0.2) is 68.2 Å². The Balaban J connectivity index is 1.21. The van der Waals surface area contributed by atoms with E-state index in [1.54, 1.807) is 11.5 Å². The highest BCUT2D eigenvalue weighted by atomic mass is 32.2. The van der Waals surface area contributed by atoms with Gasteiger partial charge in [-0.3, -0.25) is 9.78 Å². The molecule has 0 saturated carbocycles. The lowest BCUT2D eigenvalue weighted by atomic mass is 10.1. The van der Waals surface area contributed by atoms with E-state index in [0.29, 0.717) is 22.4 Å². The summed E-state index contributed by atoms with van der Waals surface area (Å²) in [6.07, 6.45) is -3.80. The molecule has 5 rings (SSSR count). The van der Waals surface area contributed by atoms with E-state index in [0.717, 1.165) is 16.4 Å². The number of imidazole rings is 1. The molecule has 4 aromatic rings. The maximum atomic E-state index is 12.9. The molecule has 0 spiro atoms. The third-order valence-corrected chi connectivity index (χ3v) is 8.38. The van der Waals surface area contributed by atoms with Crippen molar-refractivity contribution in [2.45, 2.75) is 31.4 Å². The van der Waals surface area contributed by atoms with Gasteiger partial charge in [0.05, 0.1) is 53.8 Å². The average Bonchev–Trinajstić information content (AvgIpc) is 3.29. The monoisotopic (exact) mass is 628 g/mol. The summed E-state index contributed by atoms with van der Waals surface area (Å²) in [7, 11) is -4.50. The molecule has 3 aromatic heterocycles. The molecule has 1 aromatic carbocycles. The van der Waals surface area contributed by atoms with E-state index in [4.69, 9.17) is 0 Å². The number of nitrogens with zero attached hydrogens (tertiary/aromatic N) is 6. The molecular formula is C25H22F6N8O3S. The molecule has 43 heavy (non-hydrogen) atoms. The Morgan fingerprint density at radius 3 is 2.30 bits per heavy atom. The third kappa shape index (κ3) is 6.85. The van der Waals surface area contributed by atoms with Gasteiger partial charge in [-0.25, -0.2) is 23.4 Å². The smallest absolute Gasteiger partial charge is 0.343 e. The highest BCUT2D eigenvalue weighted by Gasteiger charge is 2.44. The lowest BCUT2D eigenvalue weighted by molar-refractivity contribution is -0.137. The standard InChI is InChI=1S/C25H22F6N8O3S/c1-14(19-7-34-22(9-33-19)37-16-4-2-15(3-5-16)25(29,30)31)36-23(40)18-6-21-20(8-32-18)35-13-39(21)17-10-38(11-17)43(41,42)12-24(26,27)28/h2-9,13-14,17H,10-12H2,1H3,(H,34,37)(H,36,40)/t14-/m1/s1. The molecule has 1 saturated heterocycles. The number of pyridine rings is 1. The number of aromatic nitrogens is 5. The van der Waals surface area contributed by atoms with Crippen LogP contribution in [0.15, 0.2) is 55.2 Å². The van der Waals surface area contributed by atoms with Crippen LogP contribution in [0.25, 0.3) is 11.0 Å². The van der Waals surface area contributed by atoms with Crippen molar-refractivity contribution in [1.29, 1.82) is 0 Å². The van der Waals surface area contributed by atoms with Crippen LogP contribution in [0.5, 0.6) is 0 Å². The largest absolute Gasteiger partial charge is 0.416 e. The Bertz CT molecular complexity index is 1740. The number of anilines is 2. The maximum absolute atomic E-state index is 12.9. The number of fused-ring (bicyclic) bond motifs is 1. The van der Waals surface area contributed by atoms with Gasteiger partial charge in [-0.2, -0.15) is 30.6 Å². The van der Waals surface area contributed by atoms with Crippen LogP contribution in [-0.2, 0) is 16.2 Å². The second kappa shape index (κ2) is 11.1. The molecule has 1 aliphatic rings. The van der Waals surface area contributed by atoms with Gasteiger partial charge in [-0.1, -0.05) is 0 Å². The summed E-state index contributed by atoms with van der Waals surface area (Å²) in [5.41, 5.74) is 0.830. The lowest BCUT2D eigenvalue weighted by Gasteiger charge is -2.39. The molecule has 0 aliphatic carbocycles. The number of hydrogen-bond acceptors (Lipinski definition) is 8. The van der Waals surface area contributed by atoms with E-state index in [1.807, 2.05) is 0 Å². The normalized spacial score (nSPS) is 15.7. The van der Waals surface area contributed by atoms with Crippen molar-refractivity contribution in [3.8, 4) is 0 Å². The van der Waals surface area contributed by atoms with Crippen LogP contribution in [0.4, 0.5) is 37.8 Å². The van der Waals surface area contributed by atoms with Crippen LogP contribution in [0.2, 0.25) is 0 Å². The molecular weight excluding hydrogens is 606 g/mol. The Hall–Kier alpha value is -4.32. The number of hydrogen-bond donors (Lipinski definition) is 2. The molecule has 0 radical (unpaired) electrons. The summed E-state index contributed by atoms with van der Waals surface area (Å²) in [6.45, 7) is 1.30. The van der Waals surface area contributed by atoms with Crippen molar-refractivity contribution in [3.63, 3.8) is 0 Å². The van der Waals surface area contributed by atoms with Crippen molar-refractivity contribution in [2.24, 2.45) is 0 Å². The van der Waals surface area contributed by atoms with Crippen molar-refractivity contribution >= 4 is 38.5 Å². The van der Waals surface area contributed by atoms with Crippen LogP contribution in [0.1, 0.15) is 40.8 Å². The predicted octanol–water partition coefficient (Wildman–Crippen LogP) is 4.22. The molecule has 1 atom stereocenters. The van der Waals surface area contributed by atoms with Crippen LogP contribution >= 0.6 is 0 Å². The predicted molar refractivity (Wildman–Crippen MR) is 141 cm³/mol. The number of carbonyl (C=O) groups is 1. The highest BCUT2D eigenvalue weighted by Crippen LogP contribution is 2.31. The third-order valence-electron chi connectivity index (χ3n) is 6.60. The Morgan fingerprint density at radius 1 is 1.00 bits per heavy atom. The molecule has 1 amide bonds. The summed E-state index contributed by atoms with van der Waals surface area (Å²) in [6, 6.07) is 4.73. The van der Waals surface area contributed by atoms with Crippen LogP contribution in [0.3, 0.4) is 0 Å². The molecule has 1 aliphatic heterocycles. The topological polar surface area (TPSA) is 135 Å². The number of nitrogens with one attached hydrogen (secondary N) is 2. The van der Waals surface area contributed by atoms with E-state index in [2.05, 4.69) is 30.6 Å². The van der Waals surface area contributed by atoms with E-state index >= 15 is 0 Å². The molecule has 228 valence electrons. The number of rotatable bonds is 8. The van der Waals surface area contributed by atoms with Crippen molar-refractivity contribution in [3.05, 3.63) is 72.2 Å². The quantitative estimate of drug-likeness (QED) is 0.277. The first-order valence-corrected chi connectivity index (χ1v) is 14.1. The summed E-state index contributed by atoms with van der Waals surface area (Å²) >= 11 is 0. The second-order valence-electron chi connectivity index (χ2n) is 9.77. The van der Waals surface area contributed by atoms with E-state index in [-0.39, 0.29) is 24.6 Å². The highest BCUT2D eigenvalue weighted by molar-refractivity contribution is 7.89. The molecule has 18 heteroatoms. The average molecular weight is 629 g/mol. The summed E-state index contributed by atoms with van der Waals surface area (Å²) < 4.78 is 102. The number of carbonyl (C=O) groups excluding carboxylic acids is 1. The lowest BCUT2D eigenvalue weighted by Crippen LogP contribution is -2.52. The Labute approximate surface area is 240 Å². The molecule has 11 nitrogen and oxygen atoms in total. The van der Waals surface area contributed by atoms with Gasteiger partial charge in [-0.15, -0.1) is 0 Å². The number of halogens is 6. The van der Waals surface area contributed by atoms with E-state index < -0.39 is 51.7 Å². The SMILES string of the molecule is C[C@@H](NC(=O)c1cc2c(cn1)ncn2C1CN(S(=O)(=O)CC(F)(F)F)C1)c1cnc(Nc2ccc(C(F)(F)F)cc2)cn1. The summed E-state index contributed by atoms with van der Waals surface area (Å²) in [5.74, 6) is -2.24. The molecule has 1 fully saturated rings. The first kappa shape index (κ1) is 30.1. The minimum atomic E-state index is -4.85. The Kier molecular flexibility index (Phi) is 7.76. The van der Waals surface area contributed by atoms with Gasteiger partial charge in [-0.05, 0) is 37.3 Å². The fourth-order valence-electron chi connectivity index (χ4n) is 4.32. The minimum Gasteiger partial charge on any atom is -0.343 e. The molecule has 2 N–H and O–H groups in total. The fraction of sp³-hybridized carbons (Fsp3) is 0.320. The first-order valence-electron chi connectivity index (χ1n) is 12.5. The van der Waals surface area contributed by atoms with Gasteiger partial charge in [0.2, 0.25) is 10.0 Å². The zero-order valence-electron chi connectivity index (χ0n) is 22.1.